The molecule has 3 nitrogen and oxygen atoms in total. The maximum absolute atomic E-state index is 5.00. The van der Waals surface area contributed by atoms with Crippen molar-refractivity contribution in [1.29, 1.82) is 0 Å². The van der Waals surface area contributed by atoms with E-state index in [1.165, 1.54) is 36.9 Å². The van der Waals surface area contributed by atoms with Gasteiger partial charge in [0.1, 0.15) is 0 Å². The monoisotopic (exact) mass is 567 g/mol. The lowest BCUT2D eigenvalue weighted by molar-refractivity contribution is 1.07. The van der Waals surface area contributed by atoms with Gasteiger partial charge in [0.05, 0.1) is 0 Å². The summed E-state index contributed by atoms with van der Waals surface area (Å²) in [7, 11) is 0. The lowest BCUT2D eigenvalue weighted by atomic mass is 10.0. The van der Waals surface area contributed by atoms with Crippen molar-refractivity contribution in [2.45, 2.75) is 0 Å². The van der Waals surface area contributed by atoms with Gasteiger partial charge in [-0.05, 0) is 34.4 Å². The van der Waals surface area contributed by atoms with E-state index in [4.69, 9.17) is 15.0 Å². The van der Waals surface area contributed by atoms with Crippen LogP contribution in [0.4, 0.5) is 0 Å². The van der Waals surface area contributed by atoms with E-state index in [0.29, 0.717) is 17.5 Å². The molecule has 2 aromatic heterocycles. The molecule has 0 atom stereocenters. The predicted molar refractivity (Wildman–Crippen MR) is 180 cm³/mol. The van der Waals surface area contributed by atoms with E-state index in [-0.39, 0.29) is 0 Å². The first-order valence-corrected chi connectivity index (χ1v) is 15.1. The molecular formula is C39H25N3S. The molecule has 0 aliphatic rings. The molecule has 0 N–H and O–H groups in total. The van der Waals surface area contributed by atoms with E-state index >= 15 is 0 Å². The van der Waals surface area contributed by atoms with Gasteiger partial charge in [-0.2, -0.15) is 0 Å². The van der Waals surface area contributed by atoms with Crippen LogP contribution in [0.5, 0.6) is 0 Å². The zero-order valence-electron chi connectivity index (χ0n) is 23.2. The molecule has 2 heterocycles. The zero-order chi connectivity index (χ0) is 28.6. The molecule has 8 aromatic rings. The normalized spacial score (nSPS) is 11.3. The maximum Gasteiger partial charge on any atom is 0.164 e. The SMILES string of the molecule is c1ccc(-c2ccc(-c3nc(-c4ccccc4)nc(-c4ccc5c(c4)sc4cc(-c6ccccc6)ccc45)n3)cc2)cc1. The third kappa shape index (κ3) is 4.88. The average Bonchev–Trinajstić information content (AvgIpc) is 3.46. The summed E-state index contributed by atoms with van der Waals surface area (Å²) >= 11 is 1.81. The summed E-state index contributed by atoms with van der Waals surface area (Å²) in [6, 6.07) is 52.8. The van der Waals surface area contributed by atoms with Crippen LogP contribution >= 0.6 is 11.3 Å². The van der Waals surface area contributed by atoms with Gasteiger partial charge in [-0.15, -0.1) is 11.3 Å². The van der Waals surface area contributed by atoms with Crippen LogP contribution < -0.4 is 0 Å². The van der Waals surface area contributed by atoms with Gasteiger partial charge in [0.2, 0.25) is 0 Å². The predicted octanol–water partition coefficient (Wildman–Crippen LogP) is 10.6. The minimum atomic E-state index is 0.660. The topological polar surface area (TPSA) is 38.7 Å². The van der Waals surface area contributed by atoms with Crippen molar-refractivity contribution in [2.24, 2.45) is 0 Å². The van der Waals surface area contributed by atoms with E-state index in [2.05, 4.69) is 115 Å². The Morgan fingerprint density at radius 2 is 0.651 bits per heavy atom. The Hall–Kier alpha value is -5.45. The van der Waals surface area contributed by atoms with Crippen LogP contribution in [0.3, 0.4) is 0 Å². The molecule has 4 heteroatoms. The van der Waals surface area contributed by atoms with Crippen molar-refractivity contribution in [2.75, 3.05) is 0 Å². The first-order valence-electron chi connectivity index (χ1n) is 14.3. The fourth-order valence-corrected chi connectivity index (χ4v) is 6.70. The summed E-state index contributed by atoms with van der Waals surface area (Å²) in [5, 5.41) is 2.52. The van der Waals surface area contributed by atoms with Crippen molar-refractivity contribution < 1.29 is 0 Å². The van der Waals surface area contributed by atoms with Gasteiger partial charge in [-0.3, -0.25) is 0 Å². The minimum absolute atomic E-state index is 0.660. The third-order valence-corrected chi connectivity index (χ3v) is 8.87. The van der Waals surface area contributed by atoms with E-state index in [1.54, 1.807) is 0 Å². The summed E-state index contributed by atoms with van der Waals surface area (Å²) < 4.78 is 2.49. The summed E-state index contributed by atoms with van der Waals surface area (Å²) in [4.78, 5) is 14.9. The van der Waals surface area contributed by atoms with Gasteiger partial charge in [0.25, 0.3) is 0 Å². The summed E-state index contributed by atoms with van der Waals surface area (Å²) in [6.07, 6.45) is 0. The van der Waals surface area contributed by atoms with Crippen molar-refractivity contribution in [3.63, 3.8) is 0 Å². The molecule has 0 bridgehead atoms. The highest BCUT2D eigenvalue weighted by molar-refractivity contribution is 7.25. The number of benzene rings is 6. The highest BCUT2D eigenvalue weighted by Gasteiger charge is 2.14. The van der Waals surface area contributed by atoms with Gasteiger partial charge >= 0.3 is 0 Å². The Morgan fingerprint density at radius 3 is 1.21 bits per heavy atom. The van der Waals surface area contributed by atoms with Gasteiger partial charge in [-0.1, -0.05) is 140 Å². The van der Waals surface area contributed by atoms with Crippen LogP contribution in [0.2, 0.25) is 0 Å². The first kappa shape index (κ1) is 25.3. The van der Waals surface area contributed by atoms with E-state index in [0.717, 1.165) is 22.3 Å². The molecule has 0 unspecified atom stereocenters. The third-order valence-electron chi connectivity index (χ3n) is 7.76. The Morgan fingerprint density at radius 1 is 0.302 bits per heavy atom. The van der Waals surface area contributed by atoms with Crippen LogP contribution in [-0.2, 0) is 0 Å². The lowest BCUT2D eigenvalue weighted by Gasteiger charge is -2.09. The molecule has 0 aliphatic heterocycles. The molecular weight excluding hydrogens is 543 g/mol. The summed E-state index contributed by atoms with van der Waals surface area (Å²) in [6.45, 7) is 0. The second-order valence-electron chi connectivity index (χ2n) is 10.5. The average molecular weight is 568 g/mol. The molecule has 6 aromatic carbocycles. The fraction of sp³-hybridized carbons (Fsp3) is 0. The number of aromatic nitrogens is 3. The first-order chi connectivity index (χ1) is 21.3. The molecule has 43 heavy (non-hydrogen) atoms. The van der Waals surface area contributed by atoms with E-state index < -0.39 is 0 Å². The smallest absolute Gasteiger partial charge is 0.164 e. The molecule has 0 aliphatic carbocycles. The molecule has 0 spiro atoms. The zero-order valence-corrected chi connectivity index (χ0v) is 24.0. The molecule has 0 radical (unpaired) electrons. The highest BCUT2D eigenvalue weighted by Crippen LogP contribution is 2.38. The van der Waals surface area contributed by atoms with Crippen LogP contribution in [0.15, 0.2) is 152 Å². The number of hydrogen-bond acceptors (Lipinski definition) is 4. The van der Waals surface area contributed by atoms with Crippen LogP contribution in [0.1, 0.15) is 0 Å². The second-order valence-corrected chi connectivity index (χ2v) is 11.6. The molecule has 8 rings (SSSR count). The molecule has 0 amide bonds. The largest absolute Gasteiger partial charge is 0.208 e. The van der Waals surface area contributed by atoms with Gasteiger partial charge < -0.3 is 0 Å². The van der Waals surface area contributed by atoms with Crippen molar-refractivity contribution in [1.82, 2.24) is 15.0 Å². The van der Waals surface area contributed by atoms with E-state index in [1.807, 2.05) is 47.7 Å². The quantitative estimate of drug-likeness (QED) is 0.208. The van der Waals surface area contributed by atoms with Crippen molar-refractivity contribution in [3.8, 4) is 56.4 Å². The van der Waals surface area contributed by atoms with Gasteiger partial charge in [-0.25, -0.2) is 15.0 Å². The second kappa shape index (κ2) is 10.8. The van der Waals surface area contributed by atoms with Gasteiger partial charge in [0, 0.05) is 36.9 Å². The standard InChI is InChI=1S/C39H25N3S/c1-4-10-26(11-5-1)28-16-18-30(19-17-28)38-40-37(29-14-8-3-9-15-29)41-39(42-38)32-21-23-34-33-22-20-31(27-12-6-2-7-13-27)24-35(33)43-36(34)25-32/h1-25H. The van der Waals surface area contributed by atoms with Crippen LogP contribution in [0, 0.1) is 0 Å². The number of nitrogens with zero attached hydrogens (tertiary/aromatic N) is 3. The number of thiophene rings is 1. The summed E-state index contributed by atoms with van der Waals surface area (Å²) in [5.41, 5.74) is 7.69. The molecule has 0 saturated heterocycles. The molecule has 0 saturated carbocycles. The Bertz CT molecular complexity index is 2210. The number of fused-ring (bicyclic) bond motifs is 3. The number of rotatable bonds is 5. The number of hydrogen-bond donors (Lipinski definition) is 0. The lowest BCUT2D eigenvalue weighted by Crippen LogP contribution is -2.00. The van der Waals surface area contributed by atoms with Crippen molar-refractivity contribution in [3.05, 3.63) is 152 Å². The Balaban J connectivity index is 1.23. The minimum Gasteiger partial charge on any atom is -0.208 e. The van der Waals surface area contributed by atoms with Crippen LogP contribution in [-0.4, -0.2) is 15.0 Å². The van der Waals surface area contributed by atoms with E-state index in [9.17, 15) is 0 Å². The van der Waals surface area contributed by atoms with Crippen molar-refractivity contribution >= 4 is 31.5 Å². The fourth-order valence-electron chi connectivity index (χ4n) is 5.52. The van der Waals surface area contributed by atoms with Crippen LogP contribution in [0.25, 0.3) is 76.6 Å². The molecule has 202 valence electrons. The van der Waals surface area contributed by atoms with Gasteiger partial charge in [0.15, 0.2) is 17.5 Å². The molecule has 0 fully saturated rings. The Kier molecular flexibility index (Phi) is 6.32. The Labute approximate surface area is 253 Å². The maximum atomic E-state index is 5.00. The summed E-state index contributed by atoms with van der Waals surface area (Å²) in [5.74, 6) is 1.99. The highest BCUT2D eigenvalue weighted by atomic mass is 32.1.